The molecule has 0 amide bonds. The summed E-state index contributed by atoms with van der Waals surface area (Å²) >= 11 is 0. The van der Waals surface area contributed by atoms with Crippen molar-refractivity contribution < 1.29 is 14.3 Å². The molecule has 0 saturated heterocycles. The zero-order valence-corrected chi connectivity index (χ0v) is 20.1. The van der Waals surface area contributed by atoms with E-state index >= 15 is 0 Å². The van der Waals surface area contributed by atoms with Crippen LogP contribution in [0.4, 0.5) is 0 Å². The number of benzene rings is 1. The molecule has 0 aliphatic carbocycles. The van der Waals surface area contributed by atoms with E-state index < -0.39 is 5.41 Å². The Hall–Kier alpha value is -2.34. The van der Waals surface area contributed by atoms with Gasteiger partial charge in [-0.25, -0.2) is 0 Å². The Labute approximate surface area is 185 Å². The first-order valence-electron chi connectivity index (χ1n) is 11.1. The molecule has 2 rings (SSSR count). The van der Waals surface area contributed by atoms with E-state index in [-0.39, 0.29) is 29.9 Å². The number of carbonyl (C=O) groups is 1. The van der Waals surface area contributed by atoms with Crippen molar-refractivity contribution >= 4 is 16.6 Å². The van der Waals surface area contributed by atoms with E-state index in [1.54, 1.807) is 22.8 Å². The van der Waals surface area contributed by atoms with Gasteiger partial charge in [-0.1, -0.05) is 54.9 Å². The number of fused-ring (bicyclic) bond motifs is 1. The van der Waals surface area contributed by atoms with Gasteiger partial charge >= 0.3 is 0 Å². The Kier molecular flexibility index (Phi) is 7.93. The number of unbranched alkanes of at least 4 members (excludes halogenated alkanes) is 1. The third-order valence-electron chi connectivity index (χ3n) is 5.08. The van der Waals surface area contributed by atoms with Crippen LogP contribution in [0, 0.1) is 10.8 Å². The van der Waals surface area contributed by atoms with Gasteiger partial charge in [0.15, 0.2) is 5.78 Å². The topological polar surface area (TPSA) is 83.6 Å². The van der Waals surface area contributed by atoms with Gasteiger partial charge in [0.2, 0.25) is 0 Å². The molecule has 0 fully saturated rings. The predicted octanol–water partition coefficient (Wildman–Crippen LogP) is 4.68. The number of rotatable bonds is 9. The fourth-order valence-corrected chi connectivity index (χ4v) is 3.22. The van der Waals surface area contributed by atoms with Crippen LogP contribution in [0.3, 0.4) is 0 Å². The molecule has 0 bridgehead atoms. The van der Waals surface area contributed by atoms with Crippen LogP contribution < -0.4 is 20.8 Å². The number of nitrogens with two attached hydrogens (primary N) is 1. The van der Waals surface area contributed by atoms with Gasteiger partial charge in [-0.3, -0.25) is 9.59 Å². The van der Waals surface area contributed by atoms with Crippen LogP contribution in [0.2, 0.25) is 0 Å². The molecule has 1 heterocycles. The van der Waals surface area contributed by atoms with Gasteiger partial charge in [-0.15, -0.1) is 0 Å². The molecule has 0 unspecified atom stereocenters. The maximum atomic E-state index is 13.3. The number of hydrogen-bond acceptors (Lipinski definition) is 5. The smallest absolute Gasteiger partial charge is 0.258 e. The Morgan fingerprint density at radius 3 is 2.29 bits per heavy atom. The summed E-state index contributed by atoms with van der Waals surface area (Å²) in [4.78, 5) is 25.6. The molecular weight excluding hydrogens is 392 g/mol. The van der Waals surface area contributed by atoms with Crippen molar-refractivity contribution in [1.82, 2.24) is 4.57 Å². The molecule has 0 spiro atoms. The fourth-order valence-electron chi connectivity index (χ4n) is 3.22. The van der Waals surface area contributed by atoms with E-state index in [1.807, 2.05) is 20.8 Å². The molecule has 2 N–H and O–H groups in total. The maximum absolute atomic E-state index is 13.3. The van der Waals surface area contributed by atoms with Crippen molar-refractivity contribution in [3.63, 3.8) is 0 Å². The molecule has 0 aliphatic rings. The average molecular weight is 431 g/mol. The number of ketones is 1. The van der Waals surface area contributed by atoms with Crippen LogP contribution in [0.5, 0.6) is 11.5 Å². The molecular formula is C25H38N2O4. The Balaban J connectivity index is 2.60. The van der Waals surface area contributed by atoms with Crippen molar-refractivity contribution in [2.75, 3.05) is 13.2 Å². The lowest BCUT2D eigenvalue weighted by molar-refractivity contribution is -0.128. The summed E-state index contributed by atoms with van der Waals surface area (Å²) in [7, 11) is 0. The SMILES string of the molecule is CCCCOc1c(CN)n(CC(C)(C)C)c(=O)c2ccc(OCC(=O)C(C)(C)C)cc12. The average Bonchev–Trinajstić information content (AvgIpc) is 2.67. The zero-order chi connectivity index (χ0) is 23.4. The summed E-state index contributed by atoms with van der Waals surface area (Å²) in [5.74, 6) is 1.17. The zero-order valence-electron chi connectivity index (χ0n) is 20.1. The Morgan fingerprint density at radius 2 is 1.74 bits per heavy atom. The van der Waals surface area contributed by atoms with Gasteiger partial charge in [0.1, 0.15) is 18.1 Å². The summed E-state index contributed by atoms with van der Waals surface area (Å²) in [6.07, 6.45) is 1.90. The summed E-state index contributed by atoms with van der Waals surface area (Å²) in [6, 6.07) is 5.27. The Morgan fingerprint density at radius 1 is 1.06 bits per heavy atom. The van der Waals surface area contributed by atoms with Crippen LogP contribution in [0.15, 0.2) is 23.0 Å². The van der Waals surface area contributed by atoms with Gasteiger partial charge in [0, 0.05) is 23.9 Å². The van der Waals surface area contributed by atoms with Crippen molar-refractivity contribution in [3.8, 4) is 11.5 Å². The number of hydrogen-bond donors (Lipinski definition) is 1. The summed E-state index contributed by atoms with van der Waals surface area (Å²) in [5.41, 5.74) is 6.13. The maximum Gasteiger partial charge on any atom is 0.258 e. The normalized spacial score (nSPS) is 12.3. The molecule has 1 aromatic heterocycles. The van der Waals surface area contributed by atoms with Crippen LogP contribution in [0.25, 0.3) is 10.8 Å². The largest absolute Gasteiger partial charge is 0.491 e. The van der Waals surface area contributed by atoms with Gasteiger partial charge < -0.3 is 19.8 Å². The predicted molar refractivity (Wildman–Crippen MR) is 126 cm³/mol. The first-order chi connectivity index (χ1) is 14.4. The highest BCUT2D eigenvalue weighted by Crippen LogP contribution is 2.32. The molecule has 31 heavy (non-hydrogen) atoms. The van der Waals surface area contributed by atoms with Crippen LogP contribution in [-0.2, 0) is 17.9 Å². The lowest BCUT2D eigenvalue weighted by atomic mass is 9.91. The van der Waals surface area contributed by atoms with Crippen molar-refractivity contribution in [3.05, 3.63) is 34.2 Å². The molecule has 172 valence electrons. The second-order valence-electron chi connectivity index (χ2n) is 10.3. The first-order valence-corrected chi connectivity index (χ1v) is 11.1. The Bertz CT molecular complexity index is 978. The molecule has 6 nitrogen and oxygen atoms in total. The molecule has 0 saturated carbocycles. The van der Waals surface area contributed by atoms with Crippen molar-refractivity contribution in [2.24, 2.45) is 16.6 Å². The van der Waals surface area contributed by atoms with Crippen LogP contribution in [0.1, 0.15) is 67.0 Å². The molecule has 2 aromatic rings. The van der Waals surface area contributed by atoms with Gasteiger partial charge in [0.25, 0.3) is 5.56 Å². The molecule has 0 radical (unpaired) electrons. The van der Waals surface area contributed by atoms with E-state index in [1.165, 1.54) is 0 Å². The second kappa shape index (κ2) is 9.86. The van der Waals surface area contributed by atoms with E-state index in [0.717, 1.165) is 12.8 Å². The van der Waals surface area contributed by atoms with Crippen molar-refractivity contribution in [1.29, 1.82) is 0 Å². The minimum atomic E-state index is -0.474. The number of nitrogens with zero attached hydrogens (tertiary/aromatic N) is 1. The summed E-state index contributed by atoms with van der Waals surface area (Å²) in [5, 5.41) is 1.23. The van der Waals surface area contributed by atoms with Crippen molar-refractivity contribution in [2.45, 2.75) is 74.4 Å². The van der Waals surface area contributed by atoms with Crippen LogP contribution in [-0.4, -0.2) is 23.6 Å². The molecule has 1 aromatic carbocycles. The number of aromatic nitrogens is 1. The molecule has 0 aliphatic heterocycles. The first kappa shape index (κ1) is 24.9. The number of ether oxygens (including phenoxy) is 2. The van der Waals surface area contributed by atoms with Gasteiger partial charge in [0.05, 0.1) is 17.7 Å². The highest BCUT2D eigenvalue weighted by atomic mass is 16.5. The number of carbonyl (C=O) groups excluding carboxylic acids is 1. The summed E-state index contributed by atoms with van der Waals surface area (Å²) < 4.78 is 13.7. The highest BCUT2D eigenvalue weighted by molar-refractivity contribution is 5.90. The van der Waals surface area contributed by atoms with E-state index in [0.29, 0.717) is 41.1 Å². The van der Waals surface area contributed by atoms with E-state index in [2.05, 4.69) is 27.7 Å². The highest BCUT2D eigenvalue weighted by Gasteiger charge is 2.23. The molecule has 6 heteroatoms. The standard InChI is InChI=1S/C25H38N2O4/c1-8-9-12-30-22-19-13-17(31-15-21(28)25(5,6)7)10-11-18(19)23(29)27(20(22)14-26)16-24(2,3)4/h10-11,13H,8-9,12,14-16,26H2,1-7H3. The van der Waals surface area contributed by atoms with Crippen LogP contribution >= 0.6 is 0 Å². The van der Waals surface area contributed by atoms with Gasteiger partial charge in [-0.05, 0) is 30.0 Å². The minimum Gasteiger partial charge on any atom is -0.491 e. The number of pyridine rings is 1. The second-order valence-corrected chi connectivity index (χ2v) is 10.3. The fraction of sp³-hybridized carbons (Fsp3) is 0.600. The van der Waals surface area contributed by atoms with E-state index in [4.69, 9.17) is 15.2 Å². The third kappa shape index (κ3) is 6.33. The monoisotopic (exact) mass is 430 g/mol. The third-order valence-corrected chi connectivity index (χ3v) is 5.08. The minimum absolute atomic E-state index is 0.00950. The lowest BCUT2D eigenvalue weighted by Crippen LogP contribution is -2.31. The number of Topliss-reactive ketones (excluding diaryl/α,β-unsaturated/α-hetero) is 1. The molecule has 0 atom stereocenters. The van der Waals surface area contributed by atoms with Gasteiger partial charge in [-0.2, -0.15) is 0 Å². The quantitative estimate of drug-likeness (QED) is 0.584. The summed E-state index contributed by atoms with van der Waals surface area (Å²) in [6.45, 7) is 15.2. The lowest BCUT2D eigenvalue weighted by Gasteiger charge is -2.25. The van der Waals surface area contributed by atoms with E-state index in [9.17, 15) is 9.59 Å².